The molecule has 0 atom stereocenters. The van der Waals surface area contributed by atoms with E-state index in [1.54, 1.807) is 10.8 Å². The van der Waals surface area contributed by atoms with Crippen LogP contribution in [-0.2, 0) is 22.6 Å². The molecule has 2 aromatic rings. The van der Waals surface area contributed by atoms with Crippen molar-refractivity contribution >= 4 is 29.3 Å². The highest BCUT2D eigenvalue weighted by Crippen LogP contribution is 2.22. The van der Waals surface area contributed by atoms with Crippen LogP contribution in [0.5, 0.6) is 0 Å². The maximum absolute atomic E-state index is 12.3. The van der Waals surface area contributed by atoms with Crippen LogP contribution in [-0.4, -0.2) is 46.9 Å². The lowest BCUT2D eigenvalue weighted by Gasteiger charge is -2.26. The molecule has 7 heteroatoms. The molecule has 1 aromatic carbocycles. The number of amides is 1. The monoisotopic (exact) mass is 416 g/mol. The van der Waals surface area contributed by atoms with E-state index in [-0.39, 0.29) is 5.91 Å². The zero-order valence-electron chi connectivity index (χ0n) is 17.3. The molecule has 0 saturated carbocycles. The fraction of sp³-hybridized carbons (Fsp3) is 0.455. The van der Waals surface area contributed by atoms with Crippen molar-refractivity contribution in [1.29, 1.82) is 0 Å². The molecule has 0 radical (unpaired) electrons. The number of ether oxygens (including phenoxy) is 1. The highest BCUT2D eigenvalue weighted by Gasteiger charge is 2.13. The quantitative estimate of drug-likeness (QED) is 0.693. The Kier molecular flexibility index (Phi) is 7.47. The number of morpholine rings is 1. The van der Waals surface area contributed by atoms with Crippen molar-refractivity contribution in [2.24, 2.45) is 5.92 Å². The summed E-state index contributed by atoms with van der Waals surface area (Å²) in [4.78, 5) is 14.7. The minimum atomic E-state index is -0.196. The normalized spacial score (nSPS) is 15.3. The number of hydrogen-bond donors (Lipinski definition) is 1. The molecular formula is C22H29ClN4O2. The van der Waals surface area contributed by atoms with Crippen molar-refractivity contribution in [3.05, 3.63) is 52.3 Å². The van der Waals surface area contributed by atoms with Crippen molar-refractivity contribution < 1.29 is 9.53 Å². The number of carbonyl (C=O) groups excluding carboxylic acids is 1. The van der Waals surface area contributed by atoms with Crippen LogP contribution >= 0.6 is 11.6 Å². The summed E-state index contributed by atoms with van der Waals surface area (Å²) in [6.45, 7) is 11.3. The summed E-state index contributed by atoms with van der Waals surface area (Å²) in [7, 11) is 0. The summed E-state index contributed by atoms with van der Waals surface area (Å²) < 4.78 is 7.16. The zero-order chi connectivity index (χ0) is 20.8. The number of carbonyl (C=O) groups is 1. The van der Waals surface area contributed by atoms with E-state index in [1.165, 1.54) is 11.6 Å². The third-order valence-corrected chi connectivity index (χ3v) is 5.18. The summed E-state index contributed by atoms with van der Waals surface area (Å²) in [5.74, 6) is 0.246. The predicted molar refractivity (Wildman–Crippen MR) is 117 cm³/mol. The molecule has 1 aliphatic heterocycles. The molecule has 0 aliphatic carbocycles. The first-order valence-electron chi connectivity index (χ1n) is 10.0. The SMILES string of the molecule is Cc1nn(CC(C)C)c(Cl)c1/C=C/C(=O)Nc1ccc(CN2CCOCC2)cc1. The van der Waals surface area contributed by atoms with Gasteiger partial charge in [0.25, 0.3) is 0 Å². The second-order valence-corrected chi connectivity index (χ2v) is 8.13. The lowest BCUT2D eigenvalue weighted by molar-refractivity contribution is -0.111. The maximum Gasteiger partial charge on any atom is 0.248 e. The molecule has 0 unspecified atom stereocenters. The van der Waals surface area contributed by atoms with E-state index in [9.17, 15) is 4.79 Å². The molecule has 1 N–H and O–H groups in total. The van der Waals surface area contributed by atoms with E-state index in [4.69, 9.17) is 16.3 Å². The number of anilines is 1. The molecule has 1 fully saturated rings. The zero-order valence-corrected chi connectivity index (χ0v) is 18.1. The lowest BCUT2D eigenvalue weighted by atomic mass is 10.2. The average Bonchev–Trinajstić information content (AvgIpc) is 2.95. The number of benzene rings is 1. The first-order chi connectivity index (χ1) is 13.9. The molecule has 156 valence electrons. The Morgan fingerprint density at radius 2 is 1.97 bits per heavy atom. The first-order valence-corrected chi connectivity index (χ1v) is 10.4. The molecule has 2 heterocycles. The molecule has 6 nitrogen and oxygen atoms in total. The van der Waals surface area contributed by atoms with E-state index in [2.05, 4.69) is 29.2 Å². The van der Waals surface area contributed by atoms with Crippen molar-refractivity contribution in [3.63, 3.8) is 0 Å². The first kappa shape index (κ1) is 21.6. The Labute approximate surface area is 177 Å². The number of halogens is 1. The van der Waals surface area contributed by atoms with Crippen molar-refractivity contribution in [2.75, 3.05) is 31.6 Å². The van der Waals surface area contributed by atoms with Gasteiger partial charge in [-0.1, -0.05) is 37.6 Å². The minimum absolute atomic E-state index is 0.196. The summed E-state index contributed by atoms with van der Waals surface area (Å²) in [6.07, 6.45) is 3.22. The molecule has 29 heavy (non-hydrogen) atoms. The fourth-order valence-corrected chi connectivity index (χ4v) is 3.58. The Morgan fingerprint density at radius 3 is 2.62 bits per heavy atom. The highest BCUT2D eigenvalue weighted by atomic mass is 35.5. The number of aryl methyl sites for hydroxylation is 1. The van der Waals surface area contributed by atoms with Crippen LogP contribution in [0.2, 0.25) is 5.15 Å². The van der Waals surface area contributed by atoms with Gasteiger partial charge in [-0.15, -0.1) is 0 Å². The smallest absolute Gasteiger partial charge is 0.248 e. The molecular weight excluding hydrogens is 388 g/mol. The standard InChI is InChI=1S/C22H29ClN4O2/c1-16(2)14-27-22(23)20(17(3)25-27)8-9-21(28)24-19-6-4-18(5-7-19)15-26-10-12-29-13-11-26/h4-9,16H,10-15H2,1-3H3,(H,24,28)/b9-8+. The molecule has 0 bridgehead atoms. The van der Waals surface area contributed by atoms with Crippen LogP contribution in [0.1, 0.15) is 30.7 Å². The van der Waals surface area contributed by atoms with Gasteiger partial charge in [-0.05, 0) is 36.6 Å². The van der Waals surface area contributed by atoms with Crippen LogP contribution in [0.3, 0.4) is 0 Å². The number of hydrogen-bond acceptors (Lipinski definition) is 4. The summed E-state index contributed by atoms with van der Waals surface area (Å²) in [5, 5.41) is 7.91. The van der Waals surface area contributed by atoms with E-state index in [1.807, 2.05) is 31.2 Å². The third kappa shape index (κ3) is 6.16. The van der Waals surface area contributed by atoms with Gasteiger partial charge in [0, 0.05) is 43.5 Å². The Hall–Kier alpha value is -2.15. The van der Waals surface area contributed by atoms with Crippen LogP contribution < -0.4 is 5.32 Å². The highest BCUT2D eigenvalue weighted by molar-refractivity contribution is 6.31. The predicted octanol–water partition coefficient (Wildman–Crippen LogP) is 3.99. The molecule has 1 aliphatic rings. The molecule has 1 aromatic heterocycles. The maximum atomic E-state index is 12.3. The van der Waals surface area contributed by atoms with Gasteiger partial charge < -0.3 is 10.1 Å². The summed E-state index contributed by atoms with van der Waals surface area (Å²) >= 11 is 6.42. The van der Waals surface area contributed by atoms with Crippen molar-refractivity contribution in [1.82, 2.24) is 14.7 Å². The average molecular weight is 417 g/mol. The Balaban J connectivity index is 1.57. The van der Waals surface area contributed by atoms with Gasteiger partial charge in [0.1, 0.15) is 5.15 Å². The van der Waals surface area contributed by atoms with Crippen molar-refractivity contribution in [2.45, 2.75) is 33.9 Å². The topological polar surface area (TPSA) is 59.4 Å². The molecule has 1 amide bonds. The van der Waals surface area contributed by atoms with Gasteiger partial charge >= 0.3 is 0 Å². The Morgan fingerprint density at radius 1 is 1.28 bits per heavy atom. The van der Waals surface area contributed by atoms with E-state index < -0.39 is 0 Å². The van der Waals surface area contributed by atoms with Gasteiger partial charge in [-0.2, -0.15) is 5.10 Å². The third-order valence-electron chi connectivity index (χ3n) is 4.78. The van der Waals surface area contributed by atoms with Crippen LogP contribution in [0.15, 0.2) is 30.3 Å². The Bertz CT molecular complexity index is 852. The van der Waals surface area contributed by atoms with Crippen molar-refractivity contribution in [3.8, 4) is 0 Å². The number of aromatic nitrogens is 2. The van der Waals surface area contributed by atoms with Crippen LogP contribution in [0, 0.1) is 12.8 Å². The molecule has 1 saturated heterocycles. The van der Waals surface area contributed by atoms with Crippen LogP contribution in [0.4, 0.5) is 5.69 Å². The molecule has 3 rings (SSSR count). The largest absolute Gasteiger partial charge is 0.379 e. The second-order valence-electron chi connectivity index (χ2n) is 7.77. The molecule has 0 spiro atoms. The van der Waals surface area contributed by atoms with E-state index in [0.29, 0.717) is 11.1 Å². The summed E-state index contributed by atoms with van der Waals surface area (Å²) in [6, 6.07) is 7.96. The number of nitrogens with one attached hydrogen (secondary N) is 1. The summed E-state index contributed by atoms with van der Waals surface area (Å²) in [5.41, 5.74) is 3.58. The van der Waals surface area contributed by atoms with Crippen LogP contribution in [0.25, 0.3) is 6.08 Å². The van der Waals surface area contributed by atoms with Gasteiger partial charge in [-0.3, -0.25) is 14.4 Å². The fourth-order valence-electron chi connectivity index (χ4n) is 3.28. The van der Waals surface area contributed by atoms with Gasteiger partial charge in [0.15, 0.2) is 0 Å². The minimum Gasteiger partial charge on any atom is -0.379 e. The van der Waals surface area contributed by atoms with Gasteiger partial charge in [-0.25, -0.2) is 0 Å². The number of nitrogens with zero attached hydrogens (tertiary/aromatic N) is 3. The number of rotatable bonds is 7. The van der Waals surface area contributed by atoms with E-state index in [0.717, 1.165) is 56.3 Å². The van der Waals surface area contributed by atoms with Gasteiger partial charge in [0.05, 0.1) is 18.9 Å². The van der Waals surface area contributed by atoms with Gasteiger partial charge in [0.2, 0.25) is 5.91 Å². The lowest BCUT2D eigenvalue weighted by Crippen LogP contribution is -2.35. The second kappa shape index (κ2) is 10.1. The van der Waals surface area contributed by atoms with E-state index >= 15 is 0 Å².